The summed E-state index contributed by atoms with van der Waals surface area (Å²) >= 11 is 0. The van der Waals surface area contributed by atoms with Crippen LogP contribution in [0.5, 0.6) is 5.75 Å². The van der Waals surface area contributed by atoms with Crippen molar-refractivity contribution < 1.29 is 14.6 Å². The molecule has 0 saturated carbocycles. The van der Waals surface area contributed by atoms with E-state index in [0.717, 1.165) is 39.4 Å². The van der Waals surface area contributed by atoms with Crippen LogP contribution in [0.25, 0.3) is 11.0 Å². The summed E-state index contributed by atoms with van der Waals surface area (Å²) < 4.78 is 7.86. The molecular weight excluding hydrogens is 426 g/mol. The first-order valence-corrected chi connectivity index (χ1v) is 11.7. The Hall–Kier alpha value is -3.64. The smallest absolute Gasteiger partial charge is 0.227 e. The number of carbonyl (C=O) groups excluding carboxylic acids is 1. The second-order valence-corrected chi connectivity index (χ2v) is 9.04. The Morgan fingerprint density at radius 1 is 1.03 bits per heavy atom. The van der Waals surface area contributed by atoms with Crippen LogP contribution in [0.1, 0.15) is 29.3 Å². The third kappa shape index (κ3) is 4.41. The second kappa shape index (κ2) is 9.31. The Balaban J connectivity index is 1.38. The molecule has 1 N–H and O–H groups in total. The minimum absolute atomic E-state index is 0.0512. The van der Waals surface area contributed by atoms with E-state index >= 15 is 0 Å². The number of benzene rings is 3. The number of hydrogen-bond donors (Lipinski definition) is 1. The van der Waals surface area contributed by atoms with E-state index in [1.54, 1.807) is 0 Å². The molecule has 34 heavy (non-hydrogen) atoms. The van der Waals surface area contributed by atoms with E-state index in [9.17, 15) is 9.90 Å². The topological polar surface area (TPSA) is 67.6 Å². The van der Waals surface area contributed by atoms with Crippen LogP contribution < -0.4 is 9.64 Å². The van der Waals surface area contributed by atoms with Crippen molar-refractivity contribution in [3.05, 3.63) is 89.7 Å². The molecular formula is C28H29N3O3. The van der Waals surface area contributed by atoms with Crippen LogP contribution in [0.15, 0.2) is 72.8 Å². The predicted octanol–water partition coefficient (Wildman–Crippen LogP) is 4.61. The molecule has 5 rings (SSSR count). The normalized spacial score (nSPS) is 16.9. The van der Waals surface area contributed by atoms with Gasteiger partial charge in [0.25, 0.3) is 0 Å². The number of imidazole rings is 1. The summed E-state index contributed by atoms with van der Waals surface area (Å²) in [5, 5.41) is 10.8. The van der Waals surface area contributed by atoms with Crippen LogP contribution in [0.3, 0.4) is 0 Å². The van der Waals surface area contributed by atoms with E-state index in [4.69, 9.17) is 9.72 Å². The van der Waals surface area contributed by atoms with Gasteiger partial charge < -0.3 is 19.3 Å². The molecule has 1 aromatic heterocycles. The van der Waals surface area contributed by atoms with Gasteiger partial charge in [0.05, 0.1) is 17.6 Å². The number of para-hydroxylation sites is 3. The fourth-order valence-electron chi connectivity index (χ4n) is 4.67. The number of anilines is 1. The zero-order chi connectivity index (χ0) is 23.7. The first-order chi connectivity index (χ1) is 16.5. The molecule has 1 aliphatic heterocycles. The number of hydrogen-bond acceptors (Lipinski definition) is 4. The number of rotatable bonds is 7. The van der Waals surface area contributed by atoms with Crippen LogP contribution >= 0.6 is 0 Å². The van der Waals surface area contributed by atoms with Crippen molar-refractivity contribution in [1.29, 1.82) is 0 Å². The molecule has 1 fully saturated rings. The Labute approximate surface area is 199 Å². The summed E-state index contributed by atoms with van der Waals surface area (Å²) in [6.07, 6.45) is -0.324. The number of aromatic nitrogens is 2. The number of aliphatic hydroxyl groups excluding tert-OH is 1. The second-order valence-electron chi connectivity index (χ2n) is 9.04. The predicted molar refractivity (Wildman–Crippen MR) is 133 cm³/mol. The van der Waals surface area contributed by atoms with Gasteiger partial charge in [0.1, 0.15) is 24.3 Å². The van der Waals surface area contributed by atoms with Crippen LogP contribution in [-0.4, -0.2) is 39.8 Å². The van der Waals surface area contributed by atoms with Gasteiger partial charge in [0, 0.05) is 24.6 Å². The van der Waals surface area contributed by atoms with Gasteiger partial charge in [0.2, 0.25) is 5.91 Å². The van der Waals surface area contributed by atoms with Crippen molar-refractivity contribution in [2.24, 2.45) is 0 Å². The standard InChI is InChI=1S/C28H29N3O3/c1-19-11-13-23(14-12-19)34-18-22(32)17-31-26-10-6-4-8-24(26)29-28(31)21-15-27(33)30(16-21)25-9-5-3-7-20(25)2/h3-14,21-22,32H,15-18H2,1-2H3/t21-,22+/m0/s1. The molecule has 0 radical (unpaired) electrons. The van der Waals surface area contributed by atoms with E-state index in [2.05, 4.69) is 4.57 Å². The lowest BCUT2D eigenvalue weighted by molar-refractivity contribution is -0.117. The van der Waals surface area contributed by atoms with Gasteiger partial charge in [0.15, 0.2) is 0 Å². The van der Waals surface area contributed by atoms with Gasteiger partial charge in [-0.3, -0.25) is 4.79 Å². The minimum atomic E-state index is -0.720. The van der Waals surface area contributed by atoms with Gasteiger partial charge in [-0.1, -0.05) is 48.0 Å². The zero-order valence-corrected chi connectivity index (χ0v) is 19.5. The lowest BCUT2D eigenvalue weighted by Crippen LogP contribution is -2.27. The fourth-order valence-corrected chi connectivity index (χ4v) is 4.67. The van der Waals surface area contributed by atoms with E-state index in [0.29, 0.717) is 19.5 Å². The van der Waals surface area contributed by atoms with Crippen molar-refractivity contribution in [3.8, 4) is 5.75 Å². The molecule has 1 aliphatic rings. The van der Waals surface area contributed by atoms with E-state index in [1.165, 1.54) is 0 Å². The number of fused-ring (bicyclic) bond motifs is 1. The molecule has 6 nitrogen and oxygen atoms in total. The molecule has 2 atom stereocenters. The minimum Gasteiger partial charge on any atom is -0.491 e. The van der Waals surface area contributed by atoms with E-state index in [-0.39, 0.29) is 18.4 Å². The zero-order valence-electron chi connectivity index (χ0n) is 19.5. The average Bonchev–Trinajstić information content (AvgIpc) is 3.39. The maximum absolute atomic E-state index is 13.0. The Bertz CT molecular complexity index is 1310. The Kier molecular flexibility index (Phi) is 6.07. The van der Waals surface area contributed by atoms with Gasteiger partial charge in [-0.2, -0.15) is 0 Å². The Morgan fingerprint density at radius 2 is 1.76 bits per heavy atom. The summed E-state index contributed by atoms with van der Waals surface area (Å²) in [7, 11) is 0. The number of ether oxygens (including phenoxy) is 1. The summed E-state index contributed by atoms with van der Waals surface area (Å²) in [6, 6.07) is 23.7. The molecule has 0 bridgehead atoms. The summed E-state index contributed by atoms with van der Waals surface area (Å²) in [5.74, 6) is 1.61. The van der Waals surface area contributed by atoms with Crippen LogP contribution in [0, 0.1) is 13.8 Å². The van der Waals surface area contributed by atoms with E-state index in [1.807, 2.05) is 91.5 Å². The largest absolute Gasteiger partial charge is 0.491 e. The molecule has 6 heteroatoms. The third-order valence-corrected chi connectivity index (χ3v) is 6.44. The summed E-state index contributed by atoms with van der Waals surface area (Å²) in [4.78, 5) is 19.7. The van der Waals surface area contributed by atoms with Gasteiger partial charge in [-0.15, -0.1) is 0 Å². The molecule has 2 heterocycles. The van der Waals surface area contributed by atoms with Crippen molar-refractivity contribution in [3.63, 3.8) is 0 Å². The molecule has 0 aliphatic carbocycles. The maximum Gasteiger partial charge on any atom is 0.227 e. The maximum atomic E-state index is 13.0. The first-order valence-electron chi connectivity index (χ1n) is 11.7. The molecule has 1 saturated heterocycles. The highest BCUT2D eigenvalue weighted by Gasteiger charge is 2.35. The van der Waals surface area contributed by atoms with Crippen molar-refractivity contribution in [2.45, 2.75) is 38.8 Å². The molecule has 0 spiro atoms. The van der Waals surface area contributed by atoms with Crippen LogP contribution in [0.4, 0.5) is 5.69 Å². The highest BCUT2D eigenvalue weighted by molar-refractivity contribution is 5.97. The molecule has 1 amide bonds. The van der Waals surface area contributed by atoms with Crippen molar-refractivity contribution >= 4 is 22.6 Å². The lowest BCUT2D eigenvalue weighted by Gasteiger charge is -2.20. The highest BCUT2D eigenvalue weighted by Crippen LogP contribution is 2.34. The van der Waals surface area contributed by atoms with Crippen LogP contribution in [0.2, 0.25) is 0 Å². The average molecular weight is 456 g/mol. The lowest BCUT2D eigenvalue weighted by atomic mass is 10.1. The van der Waals surface area contributed by atoms with Gasteiger partial charge in [-0.25, -0.2) is 4.98 Å². The van der Waals surface area contributed by atoms with Gasteiger partial charge in [-0.05, 0) is 49.7 Å². The quantitative estimate of drug-likeness (QED) is 0.442. The van der Waals surface area contributed by atoms with Crippen LogP contribution in [-0.2, 0) is 11.3 Å². The SMILES string of the molecule is Cc1ccc(OC[C@H](O)Cn2c([C@H]3CC(=O)N(c4ccccc4C)C3)nc3ccccc32)cc1. The number of amides is 1. The molecule has 4 aromatic rings. The van der Waals surface area contributed by atoms with Crippen molar-refractivity contribution in [2.75, 3.05) is 18.1 Å². The number of nitrogens with zero attached hydrogens (tertiary/aromatic N) is 3. The number of aliphatic hydroxyl groups is 1. The summed E-state index contributed by atoms with van der Waals surface area (Å²) in [6.45, 7) is 5.14. The molecule has 174 valence electrons. The fraction of sp³-hybridized carbons (Fsp3) is 0.286. The van der Waals surface area contributed by atoms with E-state index < -0.39 is 6.10 Å². The van der Waals surface area contributed by atoms with Crippen molar-refractivity contribution in [1.82, 2.24) is 9.55 Å². The monoisotopic (exact) mass is 455 g/mol. The first kappa shape index (κ1) is 22.2. The highest BCUT2D eigenvalue weighted by atomic mass is 16.5. The van der Waals surface area contributed by atoms with Gasteiger partial charge >= 0.3 is 0 Å². The third-order valence-electron chi connectivity index (χ3n) is 6.44. The molecule has 0 unspecified atom stereocenters. The molecule has 3 aromatic carbocycles. The summed E-state index contributed by atoms with van der Waals surface area (Å²) in [5.41, 5.74) is 5.01. The number of carbonyl (C=O) groups is 1. The Morgan fingerprint density at radius 3 is 2.56 bits per heavy atom. The number of aryl methyl sites for hydroxylation is 2.